The Morgan fingerprint density at radius 1 is 1.08 bits per heavy atom. The topological polar surface area (TPSA) is 124 Å². The standard InChI is InChI=1S/C24H24N8.C2HF3O2/c1-30-13-20(12-28-30)18-8-21(23-19(9-25)11-29-32(23)14-18)17-2-3-22(27-10-17)31-6-4-24(5-7-31)15-26-16-24;3-2(4,5)1(6)7/h2-3,8,10-14,26H,4-7,15-16H2,1H3;(H,6,7). The number of pyridine rings is 2. The Balaban J connectivity index is 0.000000392. The number of halogens is 3. The van der Waals surface area contributed by atoms with E-state index in [1.165, 1.54) is 12.8 Å². The van der Waals surface area contributed by atoms with Crippen molar-refractivity contribution in [1.82, 2.24) is 29.7 Å². The number of rotatable bonds is 3. The quantitative estimate of drug-likeness (QED) is 0.406. The highest BCUT2D eigenvalue weighted by atomic mass is 19.4. The number of nitrogens with zero attached hydrogens (tertiary/aromatic N) is 7. The van der Waals surface area contributed by atoms with Gasteiger partial charge in [0.25, 0.3) is 0 Å². The second-order valence-corrected chi connectivity index (χ2v) is 9.81. The third-order valence-corrected chi connectivity index (χ3v) is 7.22. The number of nitrogens with one attached hydrogen (secondary N) is 1. The molecule has 2 fully saturated rings. The van der Waals surface area contributed by atoms with Gasteiger partial charge in [0.2, 0.25) is 0 Å². The highest BCUT2D eigenvalue weighted by Crippen LogP contribution is 2.37. The molecule has 39 heavy (non-hydrogen) atoms. The lowest BCUT2D eigenvalue weighted by molar-refractivity contribution is -0.192. The fraction of sp³-hybridized carbons (Fsp3) is 0.346. The molecule has 0 bridgehead atoms. The summed E-state index contributed by atoms with van der Waals surface area (Å²) in [5, 5.41) is 28.9. The molecule has 202 valence electrons. The lowest BCUT2D eigenvalue weighted by atomic mass is 9.73. The Hall–Kier alpha value is -4.44. The lowest BCUT2D eigenvalue weighted by Crippen LogP contribution is -2.58. The number of hydrogen-bond donors (Lipinski definition) is 2. The Labute approximate surface area is 221 Å². The van der Waals surface area contributed by atoms with E-state index in [4.69, 9.17) is 14.9 Å². The number of carbonyl (C=O) groups is 1. The molecule has 2 aliphatic rings. The largest absolute Gasteiger partial charge is 0.490 e. The number of anilines is 1. The minimum absolute atomic E-state index is 0.518. The van der Waals surface area contributed by atoms with Crippen molar-refractivity contribution < 1.29 is 23.1 Å². The summed E-state index contributed by atoms with van der Waals surface area (Å²) >= 11 is 0. The molecule has 0 amide bonds. The fourth-order valence-electron chi connectivity index (χ4n) is 4.93. The zero-order valence-electron chi connectivity index (χ0n) is 21.0. The molecule has 0 atom stereocenters. The number of hydrogen-bond acceptors (Lipinski definition) is 7. The van der Waals surface area contributed by atoms with Crippen LogP contribution < -0.4 is 10.2 Å². The molecule has 0 radical (unpaired) electrons. The summed E-state index contributed by atoms with van der Waals surface area (Å²) in [6.45, 7) is 4.41. The van der Waals surface area contributed by atoms with Crippen LogP contribution in [0.5, 0.6) is 0 Å². The zero-order valence-corrected chi connectivity index (χ0v) is 21.0. The molecule has 6 heterocycles. The van der Waals surface area contributed by atoms with E-state index in [0.29, 0.717) is 11.0 Å². The van der Waals surface area contributed by atoms with Crippen LogP contribution in [0, 0.1) is 16.7 Å². The van der Waals surface area contributed by atoms with Crippen molar-refractivity contribution in [2.45, 2.75) is 19.0 Å². The average Bonchev–Trinajstić information content (AvgIpc) is 3.53. The van der Waals surface area contributed by atoms with Gasteiger partial charge in [-0.2, -0.15) is 28.6 Å². The molecule has 1 spiro atoms. The van der Waals surface area contributed by atoms with Gasteiger partial charge in [0.05, 0.1) is 23.5 Å². The number of carboxylic acids is 1. The van der Waals surface area contributed by atoms with Gasteiger partial charge in [-0.15, -0.1) is 0 Å². The van der Waals surface area contributed by atoms with Crippen LogP contribution in [0.15, 0.2) is 49.2 Å². The summed E-state index contributed by atoms with van der Waals surface area (Å²) in [7, 11) is 1.90. The van der Waals surface area contributed by atoms with Gasteiger partial charge >= 0.3 is 12.1 Å². The van der Waals surface area contributed by atoms with Gasteiger partial charge in [-0.1, -0.05) is 0 Å². The van der Waals surface area contributed by atoms with Crippen LogP contribution in [0.4, 0.5) is 19.0 Å². The Bertz CT molecular complexity index is 1540. The first-order valence-corrected chi connectivity index (χ1v) is 12.2. The van der Waals surface area contributed by atoms with Crippen LogP contribution in [-0.4, -0.2) is 67.8 Å². The van der Waals surface area contributed by atoms with Crippen molar-refractivity contribution in [3.05, 3.63) is 54.7 Å². The Morgan fingerprint density at radius 3 is 2.31 bits per heavy atom. The number of carboxylic acid groups (broad SMARTS) is 1. The molecule has 2 aliphatic heterocycles. The smallest absolute Gasteiger partial charge is 0.475 e. The maximum atomic E-state index is 10.6. The van der Waals surface area contributed by atoms with Crippen LogP contribution in [0.1, 0.15) is 18.4 Å². The summed E-state index contributed by atoms with van der Waals surface area (Å²) in [6.07, 6.45) is 6.64. The molecule has 0 saturated carbocycles. The van der Waals surface area contributed by atoms with Gasteiger partial charge < -0.3 is 15.3 Å². The number of aliphatic carboxylic acids is 1. The van der Waals surface area contributed by atoms with Crippen molar-refractivity contribution in [2.24, 2.45) is 12.5 Å². The molecule has 6 rings (SSSR count). The molecule has 10 nitrogen and oxygen atoms in total. The minimum atomic E-state index is -5.08. The monoisotopic (exact) mass is 538 g/mol. The van der Waals surface area contributed by atoms with E-state index in [1.54, 1.807) is 15.4 Å². The molecule has 0 aliphatic carbocycles. The van der Waals surface area contributed by atoms with Crippen LogP contribution in [0.3, 0.4) is 0 Å². The Kier molecular flexibility index (Phi) is 6.73. The van der Waals surface area contributed by atoms with E-state index in [0.717, 1.165) is 59.8 Å². The van der Waals surface area contributed by atoms with Crippen LogP contribution in [0.25, 0.3) is 27.8 Å². The lowest BCUT2D eigenvalue weighted by Gasteiger charge is -2.48. The predicted molar refractivity (Wildman–Crippen MR) is 136 cm³/mol. The first-order chi connectivity index (χ1) is 18.6. The second kappa shape index (κ2) is 10.0. The SMILES string of the molecule is Cn1cc(-c2cc(-c3ccc(N4CCC5(CC4)CNC5)nc3)c3c(C#N)cnn3c2)cn1.O=C(O)C(F)(F)F. The van der Waals surface area contributed by atoms with Crippen molar-refractivity contribution in [3.8, 4) is 28.3 Å². The number of piperidine rings is 1. The predicted octanol–water partition coefficient (Wildman–Crippen LogP) is 3.49. The highest BCUT2D eigenvalue weighted by Gasteiger charge is 2.40. The highest BCUT2D eigenvalue weighted by molar-refractivity contribution is 5.87. The number of nitriles is 1. The summed E-state index contributed by atoms with van der Waals surface area (Å²) in [6, 6.07) is 8.57. The van der Waals surface area contributed by atoms with E-state index < -0.39 is 12.1 Å². The maximum Gasteiger partial charge on any atom is 0.490 e. The van der Waals surface area contributed by atoms with Gasteiger partial charge in [0, 0.05) is 74.1 Å². The molecule has 2 saturated heterocycles. The zero-order chi connectivity index (χ0) is 27.8. The maximum absolute atomic E-state index is 10.6. The van der Waals surface area contributed by atoms with Crippen molar-refractivity contribution in [3.63, 3.8) is 0 Å². The molecule has 4 aromatic heterocycles. The number of aromatic nitrogens is 5. The fourth-order valence-corrected chi connectivity index (χ4v) is 4.93. The molecule has 0 unspecified atom stereocenters. The second-order valence-electron chi connectivity index (χ2n) is 9.81. The Morgan fingerprint density at radius 2 is 1.79 bits per heavy atom. The van der Waals surface area contributed by atoms with Crippen LogP contribution >= 0.6 is 0 Å². The first kappa shape index (κ1) is 26.2. The third-order valence-electron chi connectivity index (χ3n) is 7.22. The number of fused-ring (bicyclic) bond motifs is 1. The average molecular weight is 539 g/mol. The molecule has 13 heteroatoms. The van der Waals surface area contributed by atoms with Crippen molar-refractivity contribution >= 4 is 17.3 Å². The molecule has 4 aromatic rings. The molecule has 0 aromatic carbocycles. The van der Waals surface area contributed by atoms with Crippen LogP contribution in [0.2, 0.25) is 0 Å². The minimum Gasteiger partial charge on any atom is -0.475 e. The third kappa shape index (κ3) is 5.28. The van der Waals surface area contributed by atoms with E-state index in [-0.39, 0.29) is 0 Å². The molecular formula is C26H25F3N8O2. The van der Waals surface area contributed by atoms with Gasteiger partial charge in [-0.05, 0) is 36.5 Å². The van der Waals surface area contributed by atoms with Gasteiger partial charge in [-0.25, -0.2) is 14.3 Å². The normalized spacial score (nSPS) is 16.3. The summed E-state index contributed by atoms with van der Waals surface area (Å²) < 4.78 is 35.3. The molecular weight excluding hydrogens is 513 g/mol. The van der Waals surface area contributed by atoms with Crippen molar-refractivity contribution in [2.75, 3.05) is 31.1 Å². The molecule has 2 N–H and O–H groups in total. The van der Waals surface area contributed by atoms with E-state index in [1.807, 2.05) is 31.8 Å². The summed E-state index contributed by atoms with van der Waals surface area (Å²) in [4.78, 5) is 16.1. The number of alkyl halides is 3. The van der Waals surface area contributed by atoms with Gasteiger partial charge in [0.15, 0.2) is 0 Å². The summed E-state index contributed by atoms with van der Waals surface area (Å²) in [5.41, 5.74) is 5.78. The van der Waals surface area contributed by atoms with Crippen LogP contribution in [-0.2, 0) is 11.8 Å². The van der Waals surface area contributed by atoms with Gasteiger partial charge in [0.1, 0.15) is 11.9 Å². The van der Waals surface area contributed by atoms with E-state index in [2.05, 4.69) is 44.7 Å². The van der Waals surface area contributed by atoms with E-state index >= 15 is 0 Å². The van der Waals surface area contributed by atoms with Gasteiger partial charge in [-0.3, -0.25) is 4.68 Å². The van der Waals surface area contributed by atoms with E-state index in [9.17, 15) is 18.4 Å². The van der Waals surface area contributed by atoms with Crippen molar-refractivity contribution in [1.29, 1.82) is 5.26 Å². The summed E-state index contributed by atoms with van der Waals surface area (Å²) in [5.74, 6) is -1.74. The number of aryl methyl sites for hydroxylation is 1. The first-order valence-electron chi connectivity index (χ1n) is 12.2.